The van der Waals surface area contributed by atoms with Gasteiger partial charge in [-0.2, -0.15) is 0 Å². The van der Waals surface area contributed by atoms with Gasteiger partial charge in [-0.1, -0.05) is 28.1 Å². The third kappa shape index (κ3) is 5.53. The molecule has 0 saturated heterocycles. The Morgan fingerprint density at radius 2 is 1.78 bits per heavy atom. The van der Waals surface area contributed by atoms with E-state index in [-0.39, 0.29) is 5.91 Å². The van der Waals surface area contributed by atoms with E-state index in [9.17, 15) is 4.79 Å². The number of nitrogens with one attached hydrogen (secondary N) is 1. The number of methoxy groups -OCH3 is 1. The van der Waals surface area contributed by atoms with Crippen LogP contribution in [0.1, 0.15) is 16.7 Å². The summed E-state index contributed by atoms with van der Waals surface area (Å²) in [6.45, 7) is 0. The molecule has 0 bridgehead atoms. The summed E-state index contributed by atoms with van der Waals surface area (Å²) in [5.41, 5.74) is 3.96. The predicted molar refractivity (Wildman–Crippen MR) is 112 cm³/mol. The SMILES string of the molecule is COc1ccc(Br)cc1/C=C/C(=O)Nc1ccc(Cc2ccncc2)cc1. The predicted octanol–water partition coefficient (Wildman–Crippen LogP) is 5.10. The molecule has 3 aromatic rings. The lowest BCUT2D eigenvalue weighted by Gasteiger charge is -2.06. The molecule has 0 unspecified atom stereocenters. The number of halogens is 1. The molecule has 1 amide bonds. The minimum Gasteiger partial charge on any atom is -0.496 e. The van der Waals surface area contributed by atoms with Gasteiger partial charge in [0.2, 0.25) is 5.91 Å². The zero-order valence-electron chi connectivity index (χ0n) is 14.9. The van der Waals surface area contributed by atoms with E-state index in [0.717, 1.165) is 22.1 Å². The summed E-state index contributed by atoms with van der Waals surface area (Å²) >= 11 is 3.42. The van der Waals surface area contributed by atoms with Crippen LogP contribution < -0.4 is 10.1 Å². The maximum atomic E-state index is 12.2. The average Bonchev–Trinajstić information content (AvgIpc) is 2.69. The third-order valence-corrected chi connectivity index (χ3v) is 4.48. The molecule has 0 spiro atoms. The zero-order valence-corrected chi connectivity index (χ0v) is 16.4. The molecule has 0 atom stereocenters. The molecule has 1 N–H and O–H groups in total. The van der Waals surface area contributed by atoms with Crippen molar-refractivity contribution in [3.05, 3.63) is 94.2 Å². The molecule has 2 aromatic carbocycles. The Labute approximate surface area is 167 Å². The van der Waals surface area contributed by atoms with E-state index in [2.05, 4.69) is 26.2 Å². The van der Waals surface area contributed by atoms with Crippen molar-refractivity contribution in [3.63, 3.8) is 0 Å². The highest BCUT2D eigenvalue weighted by Gasteiger charge is 2.03. The van der Waals surface area contributed by atoms with E-state index in [4.69, 9.17) is 4.74 Å². The van der Waals surface area contributed by atoms with E-state index < -0.39 is 0 Å². The van der Waals surface area contributed by atoms with Gasteiger partial charge in [0.15, 0.2) is 0 Å². The number of hydrogen-bond acceptors (Lipinski definition) is 3. The van der Waals surface area contributed by atoms with E-state index in [1.165, 1.54) is 17.2 Å². The normalized spacial score (nSPS) is 10.7. The summed E-state index contributed by atoms with van der Waals surface area (Å²) in [7, 11) is 1.61. The van der Waals surface area contributed by atoms with Crippen molar-refractivity contribution in [3.8, 4) is 5.75 Å². The fourth-order valence-corrected chi connectivity index (χ4v) is 3.01. The Morgan fingerprint density at radius 1 is 1.07 bits per heavy atom. The van der Waals surface area contributed by atoms with Crippen molar-refractivity contribution in [1.82, 2.24) is 4.98 Å². The second-order valence-electron chi connectivity index (χ2n) is 5.94. The highest BCUT2D eigenvalue weighted by molar-refractivity contribution is 9.10. The van der Waals surface area contributed by atoms with Crippen molar-refractivity contribution in [1.29, 1.82) is 0 Å². The van der Waals surface area contributed by atoms with Crippen molar-refractivity contribution in [2.75, 3.05) is 12.4 Å². The lowest BCUT2D eigenvalue weighted by atomic mass is 10.1. The number of nitrogens with zero attached hydrogens (tertiary/aromatic N) is 1. The Balaban J connectivity index is 1.62. The van der Waals surface area contributed by atoms with Crippen LogP contribution in [0.4, 0.5) is 5.69 Å². The average molecular weight is 423 g/mol. The number of aromatic nitrogens is 1. The van der Waals surface area contributed by atoms with Gasteiger partial charge in [-0.05, 0) is 66.1 Å². The lowest BCUT2D eigenvalue weighted by Crippen LogP contribution is -2.07. The maximum absolute atomic E-state index is 12.2. The van der Waals surface area contributed by atoms with E-state index in [0.29, 0.717) is 5.75 Å². The molecule has 1 heterocycles. The Kier molecular flexibility index (Phi) is 6.39. The number of benzene rings is 2. The van der Waals surface area contributed by atoms with Gasteiger partial charge in [0, 0.05) is 34.2 Å². The van der Waals surface area contributed by atoms with Gasteiger partial charge in [-0.15, -0.1) is 0 Å². The van der Waals surface area contributed by atoms with Crippen molar-refractivity contribution >= 4 is 33.6 Å². The molecule has 27 heavy (non-hydrogen) atoms. The lowest BCUT2D eigenvalue weighted by molar-refractivity contribution is -0.111. The molecule has 0 fully saturated rings. The van der Waals surface area contributed by atoms with Crippen LogP contribution in [0.15, 0.2) is 77.5 Å². The van der Waals surface area contributed by atoms with Crippen LogP contribution in [0.5, 0.6) is 5.75 Å². The molecule has 136 valence electrons. The maximum Gasteiger partial charge on any atom is 0.248 e. The quantitative estimate of drug-likeness (QED) is 0.562. The Morgan fingerprint density at radius 3 is 2.48 bits per heavy atom. The highest BCUT2D eigenvalue weighted by atomic mass is 79.9. The number of amides is 1. The molecular formula is C22H19BrN2O2. The molecule has 4 nitrogen and oxygen atoms in total. The van der Waals surface area contributed by atoms with Crippen LogP contribution in [0, 0.1) is 0 Å². The molecule has 0 aliphatic rings. The fraction of sp³-hybridized carbons (Fsp3) is 0.0909. The molecule has 0 aliphatic heterocycles. The number of carbonyl (C=O) groups excluding carboxylic acids is 1. The summed E-state index contributed by atoms with van der Waals surface area (Å²) in [6, 6.07) is 17.5. The van der Waals surface area contributed by atoms with Crippen LogP contribution in [0.3, 0.4) is 0 Å². The topological polar surface area (TPSA) is 51.2 Å². The van der Waals surface area contributed by atoms with Gasteiger partial charge >= 0.3 is 0 Å². The monoisotopic (exact) mass is 422 g/mol. The molecular weight excluding hydrogens is 404 g/mol. The van der Waals surface area contributed by atoms with Gasteiger partial charge < -0.3 is 10.1 Å². The van der Waals surface area contributed by atoms with Gasteiger partial charge in [0.25, 0.3) is 0 Å². The first kappa shape index (κ1) is 18.9. The first-order valence-corrected chi connectivity index (χ1v) is 9.24. The molecule has 3 rings (SSSR count). The standard InChI is InChI=1S/C22H19BrN2O2/c1-27-21-8-5-19(23)15-18(21)4-9-22(26)25-20-6-2-16(3-7-20)14-17-10-12-24-13-11-17/h2-13,15H,14H2,1H3,(H,25,26)/b9-4+. The number of ether oxygens (including phenoxy) is 1. The minimum atomic E-state index is -0.195. The van der Waals surface area contributed by atoms with Crippen LogP contribution in [-0.2, 0) is 11.2 Å². The number of rotatable bonds is 6. The van der Waals surface area contributed by atoms with E-state index in [1.54, 1.807) is 25.6 Å². The largest absolute Gasteiger partial charge is 0.496 e. The number of anilines is 1. The van der Waals surface area contributed by atoms with Crippen LogP contribution in [0.2, 0.25) is 0 Å². The van der Waals surface area contributed by atoms with E-state index >= 15 is 0 Å². The molecule has 0 radical (unpaired) electrons. The first-order valence-electron chi connectivity index (χ1n) is 8.44. The van der Waals surface area contributed by atoms with Crippen molar-refractivity contribution in [2.24, 2.45) is 0 Å². The van der Waals surface area contributed by atoms with Gasteiger partial charge in [-0.3, -0.25) is 9.78 Å². The summed E-state index contributed by atoms with van der Waals surface area (Å²) in [6.07, 6.45) is 7.64. The van der Waals surface area contributed by atoms with Gasteiger partial charge in [0.1, 0.15) is 5.75 Å². The number of pyridine rings is 1. The second-order valence-corrected chi connectivity index (χ2v) is 6.85. The van der Waals surface area contributed by atoms with Gasteiger partial charge in [-0.25, -0.2) is 0 Å². The second kappa shape index (κ2) is 9.14. The number of hydrogen-bond donors (Lipinski definition) is 1. The molecule has 1 aromatic heterocycles. The third-order valence-electron chi connectivity index (χ3n) is 3.99. The van der Waals surface area contributed by atoms with Crippen LogP contribution in [0.25, 0.3) is 6.08 Å². The van der Waals surface area contributed by atoms with Crippen molar-refractivity contribution < 1.29 is 9.53 Å². The first-order chi connectivity index (χ1) is 13.1. The number of carbonyl (C=O) groups is 1. The van der Waals surface area contributed by atoms with Gasteiger partial charge in [0.05, 0.1) is 7.11 Å². The molecule has 5 heteroatoms. The smallest absolute Gasteiger partial charge is 0.248 e. The van der Waals surface area contributed by atoms with Crippen LogP contribution >= 0.6 is 15.9 Å². The summed E-state index contributed by atoms with van der Waals surface area (Å²) in [5.74, 6) is 0.515. The minimum absolute atomic E-state index is 0.195. The summed E-state index contributed by atoms with van der Waals surface area (Å²) in [4.78, 5) is 16.2. The highest BCUT2D eigenvalue weighted by Crippen LogP contribution is 2.24. The van der Waals surface area contributed by atoms with E-state index in [1.807, 2.05) is 54.6 Å². The fourth-order valence-electron chi connectivity index (χ4n) is 2.63. The molecule has 0 aliphatic carbocycles. The Bertz CT molecular complexity index is 938. The summed E-state index contributed by atoms with van der Waals surface area (Å²) in [5, 5.41) is 2.87. The van der Waals surface area contributed by atoms with Crippen LogP contribution in [-0.4, -0.2) is 18.0 Å². The Hall–Kier alpha value is -2.92. The zero-order chi connectivity index (χ0) is 19.1. The van der Waals surface area contributed by atoms with Crippen molar-refractivity contribution in [2.45, 2.75) is 6.42 Å². The molecule has 0 saturated carbocycles. The summed E-state index contributed by atoms with van der Waals surface area (Å²) < 4.78 is 6.23.